The van der Waals surface area contributed by atoms with E-state index >= 15 is 0 Å². The Morgan fingerprint density at radius 1 is 1.33 bits per heavy atom. The Balaban J connectivity index is 1.71. The molecule has 0 aliphatic carbocycles. The monoisotopic (exact) mass is 317 g/mol. The first-order chi connectivity index (χ1) is 10.3. The number of thioether (sulfide) groups is 1. The minimum Gasteiger partial charge on any atom is -0.494 e. The van der Waals surface area contributed by atoms with Crippen molar-refractivity contribution in [3.8, 4) is 5.75 Å². The topological polar surface area (TPSA) is 38.3 Å². The van der Waals surface area contributed by atoms with Gasteiger partial charge in [-0.15, -0.1) is 11.3 Å². The SMILES string of the molecule is CCOc1ccc2c(c1)C(=O)/C(=C/NCc1cccs1)S2. The molecule has 0 spiro atoms. The third-order valence-electron chi connectivity index (χ3n) is 3.04. The molecule has 0 fully saturated rings. The van der Waals surface area contributed by atoms with E-state index in [0.717, 1.165) is 27.7 Å². The van der Waals surface area contributed by atoms with Crippen LogP contribution in [0.1, 0.15) is 22.2 Å². The molecule has 108 valence electrons. The molecule has 0 saturated heterocycles. The van der Waals surface area contributed by atoms with Gasteiger partial charge in [0.2, 0.25) is 5.78 Å². The normalized spacial score (nSPS) is 15.3. The third-order valence-corrected chi connectivity index (χ3v) is 5.02. The average Bonchev–Trinajstić information content (AvgIpc) is 3.10. The maximum Gasteiger partial charge on any atom is 0.202 e. The zero-order chi connectivity index (χ0) is 14.7. The Bertz CT molecular complexity index is 678. The van der Waals surface area contributed by atoms with Gasteiger partial charge >= 0.3 is 0 Å². The first-order valence-electron chi connectivity index (χ1n) is 6.73. The van der Waals surface area contributed by atoms with Crippen LogP contribution in [0.15, 0.2) is 51.7 Å². The number of Topliss-reactive ketones (excluding diaryl/α,β-unsaturated/α-hetero) is 1. The molecule has 1 aromatic heterocycles. The Kier molecular flexibility index (Phi) is 4.31. The largest absolute Gasteiger partial charge is 0.494 e. The second kappa shape index (κ2) is 6.37. The van der Waals surface area contributed by atoms with Crippen molar-refractivity contribution in [1.29, 1.82) is 0 Å². The van der Waals surface area contributed by atoms with Crippen LogP contribution in [0.5, 0.6) is 5.75 Å². The van der Waals surface area contributed by atoms with Gasteiger partial charge in [0, 0.05) is 28.1 Å². The highest BCUT2D eigenvalue weighted by Gasteiger charge is 2.26. The Morgan fingerprint density at radius 3 is 3.00 bits per heavy atom. The molecule has 1 aromatic carbocycles. The maximum absolute atomic E-state index is 12.4. The Labute approximate surface area is 132 Å². The van der Waals surface area contributed by atoms with Crippen LogP contribution in [0.3, 0.4) is 0 Å². The fourth-order valence-electron chi connectivity index (χ4n) is 2.08. The van der Waals surface area contributed by atoms with Crippen LogP contribution in [0.25, 0.3) is 0 Å². The van der Waals surface area contributed by atoms with E-state index < -0.39 is 0 Å². The van der Waals surface area contributed by atoms with Gasteiger partial charge in [-0.05, 0) is 36.6 Å². The summed E-state index contributed by atoms with van der Waals surface area (Å²) in [5.41, 5.74) is 0.732. The quantitative estimate of drug-likeness (QED) is 0.844. The van der Waals surface area contributed by atoms with Gasteiger partial charge in [-0.2, -0.15) is 0 Å². The molecule has 5 heteroatoms. The molecule has 0 amide bonds. The van der Waals surface area contributed by atoms with E-state index in [1.54, 1.807) is 11.3 Å². The summed E-state index contributed by atoms with van der Waals surface area (Å²) in [5, 5.41) is 5.26. The molecule has 1 aliphatic heterocycles. The molecule has 1 aliphatic rings. The zero-order valence-corrected chi connectivity index (χ0v) is 13.2. The lowest BCUT2D eigenvalue weighted by molar-refractivity contribution is 0.104. The fourth-order valence-corrected chi connectivity index (χ4v) is 3.72. The van der Waals surface area contributed by atoms with Gasteiger partial charge in [0.15, 0.2) is 0 Å². The number of nitrogens with one attached hydrogen (secondary N) is 1. The molecule has 3 nitrogen and oxygen atoms in total. The third kappa shape index (κ3) is 3.14. The van der Waals surface area contributed by atoms with Crippen molar-refractivity contribution in [2.24, 2.45) is 0 Å². The van der Waals surface area contributed by atoms with E-state index in [0.29, 0.717) is 6.61 Å². The number of benzene rings is 1. The smallest absolute Gasteiger partial charge is 0.202 e. The standard InChI is InChI=1S/C16H15NO2S2/c1-2-19-11-5-6-14-13(8-11)16(18)15(21-14)10-17-9-12-4-3-7-20-12/h3-8,10,17H,2,9H2,1H3/b15-10-. The molecule has 0 bridgehead atoms. The molecule has 2 aromatic rings. The summed E-state index contributed by atoms with van der Waals surface area (Å²) >= 11 is 3.21. The summed E-state index contributed by atoms with van der Waals surface area (Å²) in [6, 6.07) is 9.78. The van der Waals surface area contributed by atoms with Crippen LogP contribution >= 0.6 is 23.1 Å². The van der Waals surface area contributed by atoms with E-state index in [2.05, 4.69) is 11.4 Å². The Hall–Kier alpha value is -1.72. The summed E-state index contributed by atoms with van der Waals surface area (Å²) < 4.78 is 5.45. The number of allylic oxidation sites excluding steroid dienone is 1. The van der Waals surface area contributed by atoms with Crippen LogP contribution < -0.4 is 10.1 Å². The summed E-state index contributed by atoms with van der Waals surface area (Å²) in [7, 11) is 0. The molecule has 0 atom stereocenters. The van der Waals surface area contributed by atoms with Crippen LogP contribution in [-0.2, 0) is 6.54 Å². The van der Waals surface area contributed by atoms with Crippen molar-refractivity contribution in [3.05, 3.63) is 57.3 Å². The first kappa shape index (κ1) is 14.2. The lowest BCUT2D eigenvalue weighted by atomic mass is 10.1. The minimum absolute atomic E-state index is 0.0650. The highest BCUT2D eigenvalue weighted by molar-refractivity contribution is 8.04. The molecule has 0 saturated carbocycles. The van der Waals surface area contributed by atoms with Gasteiger partial charge in [0.25, 0.3) is 0 Å². The number of fused-ring (bicyclic) bond motifs is 1. The van der Waals surface area contributed by atoms with E-state index in [4.69, 9.17) is 4.74 Å². The van der Waals surface area contributed by atoms with Gasteiger partial charge < -0.3 is 10.1 Å². The number of carbonyl (C=O) groups is 1. The van der Waals surface area contributed by atoms with Crippen molar-refractivity contribution in [1.82, 2.24) is 5.32 Å². The van der Waals surface area contributed by atoms with Crippen LogP contribution in [0, 0.1) is 0 Å². The lowest BCUT2D eigenvalue weighted by Gasteiger charge is -2.03. The predicted molar refractivity (Wildman–Crippen MR) is 87.0 cm³/mol. The van der Waals surface area contributed by atoms with Crippen molar-refractivity contribution in [3.63, 3.8) is 0 Å². The fraction of sp³-hybridized carbons (Fsp3) is 0.188. The number of hydrogen-bond donors (Lipinski definition) is 1. The van der Waals surface area contributed by atoms with Crippen molar-refractivity contribution < 1.29 is 9.53 Å². The zero-order valence-electron chi connectivity index (χ0n) is 11.6. The molecule has 1 N–H and O–H groups in total. The second-order valence-electron chi connectivity index (χ2n) is 4.49. The predicted octanol–water partition coefficient (Wildman–Crippen LogP) is 4.07. The van der Waals surface area contributed by atoms with Crippen LogP contribution in [-0.4, -0.2) is 12.4 Å². The molecule has 21 heavy (non-hydrogen) atoms. The van der Waals surface area contributed by atoms with E-state index in [9.17, 15) is 4.79 Å². The number of hydrogen-bond acceptors (Lipinski definition) is 5. The van der Waals surface area contributed by atoms with Gasteiger partial charge in [-0.25, -0.2) is 0 Å². The number of ether oxygens (including phenoxy) is 1. The van der Waals surface area contributed by atoms with E-state index in [-0.39, 0.29) is 5.78 Å². The number of rotatable bonds is 5. The van der Waals surface area contributed by atoms with Crippen molar-refractivity contribution >= 4 is 28.9 Å². The maximum atomic E-state index is 12.4. The number of ketones is 1. The summed E-state index contributed by atoms with van der Waals surface area (Å²) in [6.07, 6.45) is 1.81. The van der Waals surface area contributed by atoms with Crippen LogP contribution in [0.2, 0.25) is 0 Å². The van der Waals surface area contributed by atoms with Gasteiger partial charge in [-0.1, -0.05) is 17.8 Å². The van der Waals surface area contributed by atoms with Gasteiger partial charge in [-0.3, -0.25) is 4.79 Å². The molecule has 2 heterocycles. The average molecular weight is 317 g/mol. The van der Waals surface area contributed by atoms with Gasteiger partial charge in [0.1, 0.15) is 5.75 Å². The Morgan fingerprint density at radius 2 is 2.24 bits per heavy atom. The highest BCUT2D eigenvalue weighted by atomic mass is 32.2. The number of carbonyl (C=O) groups excluding carboxylic acids is 1. The van der Waals surface area contributed by atoms with E-state index in [1.807, 2.05) is 42.8 Å². The van der Waals surface area contributed by atoms with Gasteiger partial charge in [0.05, 0.1) is 11.5 Å². The molecular formula is C16H15NO2S2. The van der Waals surface area contributed by atoms with Crippen molar-refractivity contribution in [2.75, 3.05) is 6.61 Å². The highest BCUT2D eigenvalue weighted by Crippen LogP contribution is 2.41. The van der Waals surface area contributed by atoms with E-state index in [1.165, 1.54) is 16.6 Å². The molecule has 3 rings (SSSR count). The summed E-state index contributed by atoms with van der Waals surface area (Å²) in [6.45, 7) is 3.28. The summed E-state index contributed by atoms with van der Waals surface area (Å²) in [4.78, 5) is 15.3. The minimum atomic E-state index is 0.0650. The lowest BCUT2D eigenvalue weighted by Crippen LogP contribution is -2.06. The van der Waals surface area contributed by atoms with Crippen LogP contribution in [0.4, 0.5) is 0 Å². The second-order valence-corrected chi connectivity index (χ2v) is 6.61. The molecule has 0 radical (unpaired) electrons. The van der Waals surface area contributed by atoms with Crippen molar-refractivity contribution in [2.45, 2.75) is 18.4 Å². The molecule has 0 unspecified atom stereocenters. The molecular weight excluding hydrogens is 302 g/mol. The first-order valence-corrected chi connectivity index (χ1v) is 8.43. The number of thiophene rings is 1. The summed E-state index contributed by atoms with van der Waals surface area (Å²) in [5.74, 6) is 0.813.